The summed E-state index contributed by atoms with van der Waals surface area (Å²) in [7, 11) is 0. The zero-order valence-electron chi connectivity index (χ0n) is 14.1. The minimum Gasteiger partial charge on any atom is -0.459 e. The van der Waals surface area contributed by atoms with Crippen molar-refractivity contribution in [1.82, 2.24) is 10.6 Å². The van der Waals surface area contributed by atoms with Crippen molar-refractivity contribution in [2.75, 3.05) is 12.3 Å². The van der Waals surface area contributed by atoms with Gasteiger partial charge in [0.15, 0.2) is 5.76 Å². The van der Waals surface area contributed by atoms with E-state index in [1.165, 1.54) is 11.1 Å². The van der Waals surface area contributed by atoms with E-state index >= 15 is 0 Å². The number of hydrogen-bond acceptors (Lipinski definition) is 5. The van der Waals surface area contributed by atoms with Gasteiger partial charge in [-0.05, 0) is 46.1 Å². The largest absolute Gasteiger partial charge is 0.459 e. The van der Waals surface area contributed by atoms with Gasteiger partial charge in [-0.25, -0.2) is 0 Å². The van der Waals surface area contributed by atoms with Crippen molar-refractivity contribution in [3.63, 3.8) is 0 Å². The maximum Gasteiger partial charge on any atom is 0.287 e. The Hall–Kier alpha value is -1.25. The van der Waals surface area contributed by atoms with Crippen LogP contribution in [0.25, 0.3) is 0 Å². The molecule has 0 aliphatic carbocycles. The van der Waals surface area contributed by atoms with E-state index in [1.54, 1.807) is 35.2 Å². The van der Waals surface area contributed by atoms with Gasteiger partial charge in [0.05, 0.1) is 10.0 Å². The molecule has 5 nitrogen and oxygen atoms in total. The van der Waals surface area contributed by atoms with E-state index < -0.39 is 6.04 Å². The Morgan fingerprint density at radius 3 is 2.72 bits per heavy atom. The molecule has 0 aliphatic rings. The van der Waals surface area contributed by atoms with Crippen molar-refractivity contribution < 1.29 is 14.0 Å². The predicted octanol–water partition coefficient (Wildman–Crippen LogP) is 3.91. The normalized spacial score (nSPS) is 12.2. The first-order chi connectivity index (χ1) is 12.0. The van der Waals surface area contributed by atoms with E-state index in [9.17, 15) is 9.59 Å². The highest BCUT2D eigenvalue weighted by molar-refractivity contribution is 9.11. The molecule has 2 aromatic rings. The molecule has 25 heavy (non-hydrogen) atoms. The summed E-state index contributed by atoms with van der Waals surface area (Å²) in [5, 5.41) is 5.63. The molecule has 0 radical (unpaired) electrons. The van der Waals surface area contributed by atoms with E-state index in [2.05, 4.69) is 32.6 Å². The van der Waals surface area contributed by atoms with Crippen LogP contribution in [0.2, 0.25) is 0 Å². The molecule has 2 amide bonds. The average molecular weight is 445 g/mol. The molecule has 2 aromatic heterocycles. The fourth-order valence-electron chi connectivity index (χ4n) is 2.11. The smallest absolute Gasteiger partial charge is 0.287 e. The zero-order chi connectivity index (χ0) is 18.2. The Bertz CT molecular complexity index is 686. The Balaban J connectivity index is 1.73. The Morgan fingerprint density at radius 1 is 1.32 bits per heavy atom. The van der Waals surface area contributed by atoms with Crippen molar-refractivity contribution >= 4 is 50.8 Å². The number of hydrogen-bond donors (Lipinski definition) is 2. The molecule has 1 unspecified atom stereocenters. The molecule has 0 saturated heterocycles. The van der Waals surface area contributed by atoms with E-state index in [0.717, 1.165) is 15.3 Å². The van der Waals surface area contributed by atoms with Crippen molar-refractivity contribution in [2.45, 2.75) is 25.6 Å². The molecule has 0 fully saturated rings. The third kappa shape index (κ3) is 6.52. The molecule has 8 heteroatoms. The molecule has 2 heterocycles. The molecular formula is C17H21BrN2O3S2. The van der Waals surface area contributed by atoms with Crippen LogP contribution in [0.5, 0.6) is 0 Å². The fraction of sp³-hybridized carbons (Fsp3) is 0.412. The molecule has 2 N–H and O–H groups in total. The molecule has 0 aliphatic heterocycles. The van der Waals surface area contributed by atoms with Crippen molar-refractivity contribution in [2.24, 2.45) is 5.92 Å². The number of nitrogens with one attached hydrogen (secondary N) is 2. The lowest BCUT2D eigenvalue weighted by molar-refractivity contribution is -0.123. The second kappa shape index (κ2) is 10.0. The first-order valence-corrected chi connectivity index (χ1v) is 10.7. The van der Waals surface area contributed by atoms with Crippen LogP contribution < -0.4 is 10.6 Å². The number of furan rings is 1. The van der Waals surface area contributed by atoms with Crippen LogP contribution in [0.3, 0.4) is 0 Å². The van der Waals surface area contributed by atoms with Crippen molar-refractivity contribution in [1.29, 1.82) is 0 Å². The first kappa shape index (κ1) is 20.1. The van der Waals surface area contributed by atoms with Gasteiger partial charge in [-0.1, -0.05) is 13.8 Å². The van der Waals surface area contributed by atoms with Gasteiger partial charge in [0.2, 0.25) is 5.91 Å². The minimum absolute atomic E-state index is 0.0185. The van der Waals surface area contributed by atoms with Crippen LogP contribution in [0, 0.1) is 5.92 Å². The van der Waals surface area contributed by atoms with Crippen LogP contribution >= 0.6 is 39.0 Å². The van der Waals surface area contributed by atoms with Crippen LogP contribution in [-0.2, 0) is 10.5 Å². The highest BCUT2D eigenvalue weighted by Crippen LogP contribution is 2.25. The summed E-state index contributed by atoms with van der Waals surface area (Å²) in [6, 6.07) is 6.76. The first-order valence-electron chi connectivity index (χ1n) is 7.91. The topological polar surface area (TPSA) is 71.3 Å². The molecule has 2 rings (SSSR count). The Kier molecular flexibility index (Phi) is 8.05. The highest BCUT2D eigenvalue weighted by atomic mass is 79.9. The number of rotatable bonds is 9. The lowest BCUT2D eigenvalue weighted by Crippen LogP contribution is -2.50. The zero-order valence-corrected chi connectivity index (χ0v) is 17.3. The van der Waals surface area contributed by atoms with Gasteiger partial charge in [0, 0.05) is 22.9 Å². The summed E-state index contributed by atoms with van der Waals surface area (Å²) in [5.41, 5.74) is 0. The number of amides is 2. The van der Waals surface area contributed by atoms with E-state index in [1.807, 2.05) is 19.9 Å². The van der Waals surface area contributed by atoms with E-state index in [0.29, 0.717) is 6.54 Å². The molecule has 0 bridgehead atoms. The highest BCUT2D eigenvalue weighted by Gasteiger charge is 2.25. The van der Waals surface area contributed by atoms with Gasteiger partial charge in [-0.15, -0.1) is 11.3 Å². The van der Waals surface area contributed by atoms with Crippen LogP contribution in [0.15, 0.2) is 38.7 Å². The maximum absolute atomic E-state index is 12.4. The summed E-state index contributed by atoms with van der Waals surface area (Å²) < 4.78 is 6.19. The lowest BCUT2D eigenvalue weighted by Gasteiger charge is -2.21. The second-order valence-corrected chi connectivity index (χ2v) is 9.37. The van der Waals surface area contributed by atoms with Crippen LogP contribution in [0.1, 0.15) is 29.3 Å². The lowest BCUT2D eigenvalue weighted by atomic mass is 10.0. The molecule has 0 aromatic carbocycles. The van der Waals surface area contributed by atoms with Gasteiger partial charge >= 0.3 is 0 Å². The molecule has 0 spiro atoms. The molecule has 1 atom stereocenters. The summed E-state index contributed by atoms with van der Waals surface area (Å²) in [5.74, 6) is 1.38. The van der Waals surface area contributed by atoms with Crippen molar-refractivity contribution in [3.05, 3.63) is 45.0 Å². The van der Waals surface area contributed by atoms with E-state index in [-0.39, 0.29) is 23.5 Å². The molecule has 136 valence electrons. The number of carbonyl (C=O) groups excluding carboxylic acids is 2. The number of halogens is 1. The third-order valence-corrected chi connectivity index (χ3v) is 6.21. The number of carbonyl (C=O) groups is 2. The maximum atomic E-state index is 12.4. The van der Waals surface area contributed by atoms with Gasteiger partial charge in [0.25, 0.3) is 5.91 Å². The summed E-state index contributed by atoms with van der Waals surface area (Å²) >= 11 is 6.93. The quantitative estimate of drug-likeness (QED) is 0.575. The fourth-order valence-corrected chi connectivity index (χ4v) is 4.57. The number of thioether (sulfide) groups is 1. The summed E-state index contributed by atoms with van der Waals surface area (Å²) in [4.78, 5) is 25.7. The summed E-state index contributed by atoms with van der Waals surface area (Å²) in [6.45, 7) is 4.36. The van der Waals surface area contributed by atoms with E-state index in [4.69, 9.17) is 4.42 Å². The SMILES string of the molecule is CC(C)C(NC(=O)c1ccco1)C(=O)NCCSCc1ccc(Br)s1. The number of thiophene rings is 1. The van der Waals surface area contributed by atoms with Gasteiger partial charge < -0.3 is 15.1 Å². The minimum atomic E-state index is -0.587. The summed E-state index contributed by atoms with van der Waals surface area (Å²) in [6.07, 6.45) is 1.43. The third-order valence-electron chi connectivity index (χ3n) is 3.40. The van der Waals surface area contributed by atoms with Gasteiger partial charge in [-0.2, -0.15) is 11.8 Å². The van der Waals surface area contributed by atoms with Crippen molar-refractivity contribution in [3.8, 4) is 0 Å². The van der Waals surface area contributed by atoms with Gasteiger partial charge in [-0.3, -0.25) is 9.59 Å². The Morgan fingerprint density at radius 2 is 2.12 bits per heavy atom. The second-order valence-electron chi connectivity index (χ2n) is 5.72. The molecular weight excluding hydrogens is 424 g/mol. The standard InChI is InChI=1S/C17H21BrN2O3S2/c1-11(2)15(20-16(21)13-4-3-8-23-13)17(22)19-7-9-24-10-12-5-6-14(18)25-12/h3-6,8,11,15H,7,9-10H2,1-2H3,(H,19,22)(H,20,21). The van der Waals surface area contributed by atoms with Crippen LogP contribution in [-0.4, -0.2) is 30.2 Å². The van der Waals surface area contributed by atoms with Gasteiger partial charge in [0.1, 0.15) is 6.04 Å². The monoisotopic (exact) mass is 444 g/mol. The predicted molar refractivity (Wildman–Crippen MR) is 106 cm³/mol. The Labute approximate surface area is 164 Å². The molecule has 0 saturated carbocycles. The average Bonchev–Trinajstić information content (AvgIpc) is 3.23. The van der Waals surface area contributed by atoms with Crippen LogP contribution in [0.4, 0.5) is 0 Å².